The molecule has 50 valence electrons. The summed E-state index contributed by atoms with van der Waals surface area (Å²) in [5, 5.41) is 0.803. The Morgan fingerprint density at radius 1 is 2.00 bits per heavy atom. The average Bonchev–Trinajstić information content (AvgIpc) is 2.34. The molecule has 0 N–H and O–H groups in total. The van der Waals surface area contributed by atoms with Gasteiger partial charge in [-0.3, -0.25) is 0 Å². The number of hydrogen-bond donors (Lipinski definition) is 0. The number of alkyl halides is 1. The van der Waals surface area contributed by atoms with E-state index >= 15 is 0 Å². The maximum atomic E-state index is 10.1. The lowest BCUT2D eigenvalue weighted by Gasteiger charge is -1.93. The Bertz CT molecular complexity index is 142. The molecule has 1 aliphatic heterocycles. The topological polar surface area (TPSA) is 26.3 Å². The largest absolute Gasteiger partial charge is 0.362 e. The summed E-state index contributed by atoms with van der Waals surface area (Å²) in [5.41, 5.74) is 1.15. The van der Waals surface area contributed by atoms with Crippen LogP contribution < -0.4 is 0 Å². The van der Waals surface area contributed by atoms with Crippen molar-refractivity contribution in [3.8, 4) is 0 Å². The minimum atomic E-state index is -0.294. The third-order valence-electron chi connectivity index (χ3n) is 1.17. The van der Waals surface area contributed by atoms with Crippen LogP contribution >= 0.6 is 15.9 Å². The molecule has 2 nitrogen and oxygen atoms in total. The summed E-state index contributed by atoms with van der Waals surface area (Å²) in [6, 6.07) is 0. The molecule has 0 spiro atoms. The summed E-state index contributed by atoms with van der Waals surface area (Å²) >= 11 is 3.27. The van der Waals surface area contributed by atoms with E-state index in [1.165, 1.54) is 0 Å². The Morgan fingerprint density at radius 2 is 2.78 bits per heavy atom. The summed E-state index contributed by atoms with van der Waals surface area (Å²) in [4.78, 5) is 10.1. The molecule has 1 aliphatic rings. The highest BCUT2D eigenvalue weighted by atomic mass is 79.9. The van der Waals surface area contributed by atoms with E-state index in [9.17, 15) is 4.79 Å². The van der Waals surface area contributed by atoms with Gasteiger partial charge in [-0.05, 0) is 11.6 Å². The number of hydrogen-bond acceptors (Lipinski definition) is 2. The lowest BCUT2D eigenvalue weighted by Crippen LogP contribution is -2.04. The van der Waals surface area contributed by atoms with E-state index in [1.54, 1.807) is 0 Å². The normalized spacial score (nSPS) is 25.9. The van der Waals surface area contributed by atoms with Crippen LogP contribution in [0.5, 0.6) is 0 Å². The minimum Gasteiger partial charge on any atom is -0.362 e. The Labute approximate surface area is 62.0 Å². The number of aldehydes is 1. The van der Waals surface area contributed by atoms with Gasteiger partial charge in [-0.2, -0.15) is 0 Å². The molecule has 0 saturated heterocycles. The van der Waals surface area contributed by atoms with Crippen molar-refractivity contribution in [2.75, 3.05) is 11.9 Å². The van der Waals surface area contributed by atoms with Crippen molar-refractivity contribution >= 4 is 22.2 Å². The van der Waals surface area contributed by atoms with Crippen molar-refractivity contribution in [3.05, 3.63) is 11.6 Å². The van der Waals surface area contributed by atoms with Crippen LogP contribution in [-0.4, -0.2) is 24.3 Å². The van der Waals surface area contributed by atoms with Gasteiger partial charge in [0.15, 0.2) is 6.29 Å². The molecule has 1 unspecified atom stereocenters. The summed E-state index contributed by atoms with van der Waals surface area (Å²) in [5.74, 6) is 0. The third-order valence-corrected chi connectivity index (χ3v) is 1.89. The van der Waals surface area contributed by atoms with Gasteiger partial charge in [0.25, 0.3) is 0 Å². The van der Waals surface area contributed by atoms with Gasteiger partial charge in [0.05, 0.1) is 6.61 Å². The van der Waals surface area contributed by atoms with Gasteiger partial charge < -0.3 is 9.53 Å². The van der Waals surface area contributed by atoms with Crippen molar-refractivity contribution in [2.24, 2.45) is 0 Å². The van der Waals surface area contributed by atoms with Crippen molar-refractivity contribution in [1.82, 2.24) is 0 Å². The molecule has 1 heterocycles. The first-order valence-corrected chi connectivity index (χ1v) is 3.81. The van der Waals surface area contributed by atoms with Crippen LogP contribution in [0.15, 0.2) is 11.6 Å². The quantitative estimate of drug-likeness (QED) is 0.368. The van der Waals surface area contributed by atoms with Gasteiger partial charge in [-0.15, -0.1) is 0 Å². The summed E-state index contributed by atoms with van der Waals surface area (Å²) in [7, 11) is 0. The SMILES string of the molecule is O=CC1C=C(CBr)CO1. The number of carbonyl (C=O) groups excluding carboxylic acids is 1. The van der Waals surface area contributed by atoms with E-state index in [0.717, 1.165) is 17.2 Å². The van der Waals surface area contributed by atoms with E-state index in [0.29, 0.717) is 6.61 Å². The Kier molecular flexibility index (Phi) is 2.42. The van der Waals surface area contributed by atoms with Gasteiger partial charge >= 0.3 is 0 Å². The van der Waals surface area contributed by atoms with E-state index in [2.05, 4.69) is 15.9 Å². The van der Waals surface area contributed by atoms with Gasteiger partial charge in [-0.25, -0.2) is 0 Å². The second kappa shape index (κ2) is 3.13. The molecule has 0 amide bonds. The highest BCUT2D eigenvalue weighted by molar-refractivity contribution is 9.09. The van der Waals surface area contributed by atoms with Crippen LogP contribution in [0.2, 0.25) is 0 Å². The van der Waals surface area contributed by atoms with Gasteiger partial charge in [-0.1, -0.05) is 15.9 Å². The van der Waals surface area contributed by atoms with Crippen molar-refractivity contribution in [2.45, 2.75) is 6.10 Å². The van der Waals surface area contributed by atoms with Crippen LogP contribution in [0.1, 0.15) is 0 Å². The van der Waals surface area contributed by atoms with E-state index < -0.39 is 0 Å². The van der Waals surface area contributed by atoms with Crippen LogP contribution in [-0.2, 0) is 9.53 Å². The average molecular weight is 191 g/mol. The molecule has 1 atom stereocenters. The first kappa shape index (κ1) is 6.96. The zero-order valence-corrected chi connectivity index (χ0v) is 6.43. The fourth-order valence-electron chi connectivity index (χ4n) is 0.693. The lowest BCUT2D eigenvalue weighted by molar-refractivity contribution is -0.114. The van der Waals surface area contributed by atoms with Crippen molar-refractivity contribution in [1.29, 1.82) is 0 Å². The highest BCUT2D eigenvalue weighted by Crippen LogP contribution is 2.11. The number of carbonyl (C=O) groups is 1. The lowest BCUT2D eigenvalue weighted by atomic mass is 10.3. The Hall–Kier alpha value is -0.150. The molecular formula is C6H7BrO2. The molecule has 1 rings (SSSR count). The van der Waals surface area contributed by atoms with E-state index in [4.69, 9.17) is 4.74 Å². The van der Waals surface area contributed by atoms with Crippen molar-refractivity contribution in [3.63, 3.8) is 0 Å². The Balaban J connectivity index is 2.49. The molecule has 3 heteroatoms. The molecule has 0 fully saturated rings. The molecule has 0 aromatic rings. The minimum absolute atomic E-state index is 0.294. The standard InChI is InChI=1S/C6H7BrO2/c7-2-5-1-6(3-8)9-4-5/h1,3,6H,2,4H2. The summed E-state index contributed by atoms with van der Waals surface area (Å²) in [6.45, 7) is 0.592. The van der Waals surface area contributed by atoms with E-state index in [1.807, 2.05) is 6.08 Å². The third kappa shape index (κ3) is 1.63. The smallest absolute Gasteiger partial charge is 0.152 e. The maximum Gasteiger partial charge on any atom is 0.152 e. The maximum absolute atomic E-state index is 10.1. The predicted octanol–water partition coefficient (Wildman–Crippen LogP) is 0.905. The highest BCUT2D eigenvalue weighted by Gasteiger charge is 2.13. The zero-order valence-electron chi connectivity index (χ0n) is 4.84. The number of ether oxygens (including phenoxy) is 1. The van der Waals surface area contributed by atoms with Crippen LogP contribution in [0.3, 0.4) is 0 Å². The second-order valence-corrected chi connectivity index (χ2v) is 2.43. The number of rotatable bonds is 2. The molecule has 0 aliphatic carbocycles. The fourth-order valence-corrected chi connectivity index (χ4v) is 1.04. The van der Waals surface area contributed by atoms with Crippen LogP contribution in [0.25, 0.3) is 0 Å². The van der Waals surface area contributed by atoms with Gasteiger partial charge in [0, 0.05) is 5.33 Å². The zero-order chi connectivity index (χ0) is 6.69. The molecule has 0 radical (unpaired) electrons. The van der Waals surface area contributed by atoms with Gasteiger partial charge in [0.2, 0.25) is 0 Å². The molecule has 0 saturated carbocycles. The van der Waals surface area contributed by atoms with Gasteiger partial charge in [0.1, 0.15) is 6.10 Å². The Morgan fingerprint density at radius 3 is 3.11 bits per heavy atom. The molecule has 0 bridgehead atoms. The predicted molar refractivity (Wildman–Crippen MR) is 37.7 cm³/mol. The summed E-state index contributed by atoms with van der Waals surface area (Å²) < 4.78 is 5.01. The molecule has 0 aromatic carbocycles. The first-order chi connectivity index (χ1) is 4.36. The first-order valence-electron chi connectivity index (χ1n) is 2.69. The second-order valence-electron chi connectivity index (χ2n) is 1.87. The molecule has 0 aromatic heterocycles. The number of halogens is 1. The van der Waals surface area contributed by atoms with Crippen molar-refractivity contribution < 1.29 is 9.53 Å². The monoisotopic (exact) mass is 190 g/mol. The van der Waals surface area contributed by atoms with Crippen LogP contribution in [0, 0.1) is 0 Å². The fraction of sp³-hybridized carbons (Fsp3) is 0.500. The molecule has 9 heavy (non-hydrogen) atoms. The molecular weight excluding hydrogens is 184 g/mol. The summed E-state index contributed by atoms with van der Waals surface area (Å²) in [6.07, 6.45) is 2.34. The van der Waals surface area contributed by atoms with Crippen LogP contribution in [0.4, 0.5) is 0 Å². The van der Waals surface area contributed by atoms with E-state index in [-0.39, 0.29) is 6.10 Å².